The van der Waals surface area contributed by atoms with Crippen LogP contribution in [0.5, 0.6) is 5.75 Å². The molecule has 2 aliphatic heterocycles. The SMILES string of the molecule is CC1=C(C(=O)Nc2ccccc2)C(c2ccc(OCC(=O)N3CCCCC3)cc2)n2nc(SCc3ccccc3F)nc2N1. The number of hydrogen-bond acceptors (Lipinski definition) is 7. The smallest absolute Gasteiger partial charge is 0.260 e. The molecule has 9 nitrogen and oxygen atoms in total. The molecule has 0 spiro atoms. The standard InChI is InChI=1S/C33H33FN6O3S/c1-22-29(31(42)36-25-11-4-2-5-12-25)30(23-14-16-26(17-15-23)43-20-28(41)39-18-8-3-9-19-39)40-32(35-22)37-33(38-40)44-21-24-10-6-7-13-27(24)34/h2,4-7,10-17,30H,3,8-9,18-21H2,1H3,(H,36,42)(H,35,37,38). The predicted octanol–water partition coefficient (Wildman–Crippen LogP) is 6.03. The molecule has 11 heteroatoms. The van der Waals surface area contributed by atoms with Gasteiger partial charge in [0.25, 0.3) is 11.8 Å². The van der Waals surface area contributed by atoms with Crippen molar-refractivity contribution in [1.29, 1.82) is 0 Å². The van der Waals surface area contributed by atoms with E-state index in [1.165, 1.54) is 17.8 Å². The molecular formula is C33H33FN6O3S. The minimum Gasteiger partial charge on any atom is -0.484 e. The monoisotopic (exact) mass is 612 g/mol. The molecule has 6 rings (SSSR count). The molecule has 226 valence electrons. The van der Waals surface area contributed by atoms with E-state index in [-0.39, 0.29) is 24.2 Å². The summed E-state index contributed by atoms with van der Waals surface area (Å²) in [4.78, 5) is 32.8. The lowest BCUT2D eigenvalue weighted by Crippen LogP contribution is -2.38. The van der Waals surface area contributed by atoms with E-state index in [4.69, 9.17) is 9.84 Å². The van der Waals surface area contributed by atoms with E-state index >= 15 is 0 Å². The van der Waals surface area contributed by atoms with E-state index in [1.54, 1.807) is 35.0 Å². The Bertz CT molecular complexity index is 1670. The number of halogens is 1. The van der Waals surface area contributed by atoms with Crippen LogP contribution in [0, 0.1) is 5.82 Å². The Morgan fingerprint density at radius 1 is 1.00 bits per heavy atom. The first-order chi connectivity index (χ1) is 21.5. The summed E-state index contributed by atoms with van der Waals surface area (Å²) in [5.41, 5.74) is 3.13. The number of piperidine rings is 1. The van der Waals surface area contributed by atoms with Crippen molar-refractivity contribution in [3.05, 3.63) is 107 Å². The van der Waals surface area contributed by atoms with Crippen LogP contribution in [0.4, 0.5) is 16.0 Å². The van der Waals surface area contributed by atoms with Gasteiger partial charge >= 0.3 is 0 Å². The van der Waals surface area contributed by atoms with Crippen LogP contribution in [0.25, 0.3) is 0 Å². The maximum Gasteiger partial charge on any atom is 0.260 e. The predicted molar refractivity (Wildman–Crippen MR) is 168 cm³/mol. The molecule has 0 aliphatic carbocycles. The van der Waals surface area contributed by atoms with E-state index in [0.29, 0.717) is 45.1 Å². The molecule has 2 amide bonds. The Hall–Kier alpha value is -4.64. The van der Waals surface area contributed by atoms with Crippen LogP contribution in [-0.4, -0.2) is 51.2 Å². The minimum absolute atomic E-state index is 0.0155. The highest BCUT2D eigenvalue weighted by Gasteiger charge is 2.34. The van der Waals surface area contributed by atoms with E-state index in [9.17, 15) is 14.0 Å². The number of benzene rings is 3. The number of carbonyl (C=O) groups excluding carboxylic acids is 2. The fourth-order valence-electron chi connectivity index (χ4n) is 5.40. The molecule has 44 heavy (non-hydrogen) atoms. The van der Waals surface area contributed by atoms with Crippen LogP contribution in [0.3, 0.4) is 0 Å². The fourth-order valence-corrected chi connectivity index (χ4v) is 6.21. The largest absolute Gasteiger partial charge is 0.484 e. The van der Waals surface area contributed by atoms with Crippen molar-refractivity contribution >= 4 is 35.2 Å². The van der Waals surface area contributed by atoms with Crippen LogP contribution in [-0.2, 0) is 15.3 Å². The highest BCUT2D eigenvalue weighted by atomic mass is 32.2. The number of para-hydroxylation sites is 1. The van der Waals surface area contributed by atoms with Crippen LogP contribution in [0.15, 0.2) is 95.3 Å². The van der Waals surface area contributed by atoms with Crippen molar-refractivity contribution < 1.29 is 18.7 Å². The van der Waals surface area contributed by atoms with Gasteiger partial charge in [0, 0.05) is 30.2 Å². The zero-order valence-corrected chi connectivity index (χ0v) is 25.1. The second-order valence-corrected chi connectivity index (χ2v) is 11.7. The number of nitrogens with zero attached hydrogens (tertiary/aromatic N) is 4. The van der Waals surface area contributed by atoms with Crippen LogP contribution in [0.1, 0.15) is 43.4 Å². The molecule has 3 aromatic carbocycles. The Labute approximate surface area is 259 Å². The molecule has 4 aromatic rings. The topological polar surface area (TPSA) is 101 Å². The minimum atomic E-state index is -0.602. The summed E-state index contributed by atoms with van der Waals surface area (Å²) in [6.45, 7) is 3.36. The molecule has 1 atom stereocenters. The average molecular weight is 613 g/mol. The van der Waals surface area contributed by atoms with Crippen LogP contribution in [0.2, 0.25) is 0 Å². The van der Waals surface area contributed by atoms with E-state index in [2.05, 4.69) is 15.6 Å². The number of aromatic nitrogens is 3. The number of likely N-dealkylation sites (tertiary alicyclic amines) is 1. The van der Waals surface area contributed by atoms with Gasteiger partial charge in [0.2, 0.25) is 11.1 Å². The number of allylic oxidation sites excluding steroid dienone is 1. The van der Waals surface area contributed by atoms with E-state index < -0.39 is 6.04 Å². The van der Waals surface area contributed by atoms with Gasteiger partial charge < -0.3 is 20.3 Å². The number of nitrogens with one attached hydrogen (secondary N) is 2. The molecule has 1 aromatic heterocycles. The van der Waals surface area contributed by atoms with Crippen molar-refractivity contribution in [2.75, 3.05) is 30.3 Å². The first-order valence-corrected chi connectivity index (χ1v) is 15.6. The van der Waals surface area contributed by atoms with Gasteiger partial charge in [-0.2, -0.15) is 4.98 Å². The first kappa shape index (κ1) is 29.4. The normalized spacial score (nSPS) is 16.2. The van der Waals surface area contributed by atoms with Gasteiger partial charge in [0.15, 0.2) is 6.61 Å². The van der Waals surface area contributed by atoms with Crippen molar-refractivity contribution in [2.24, 2.45) is 0 Å². The van der Waals surface area contributed by atoms with Crippen molar-refractivity contribution in [1.82, 2.24) is 19.7 Å². The highest BCUT2D eigenvalue weighted by Crippen LogP contribution is 2.37. The molecule has 3 heterocycles. The summed E-state index contributed by atoms with van der Waals surface area (Å²) in [6, 6.07) is 22.6. The number of amides is 2. The summed E-state index contributed by atoms with van der Waals surface area (Å²) in [7, 11) is 0. The van der Waals surface area contributed by atoms with Crippen molar-refractivity contribution in [3.8, 4) is 5.75 Å². The lowest BCUT2D eigenvalue weighted by Gasteiger charge is -2.29. The second kappa shape index (κ2) is 13.3. The number of anilines is 2. The number of thioether (sulfide) groups is 1. The highest BCUT2D eigenvalue weighted by molar-refractivity contribution is 7.98. The quantitative estimate of drug-likeness (QED) is 0.223. The van der Waals surface area contributed by atoms with Gasteiger partial charge in [-0.1, -0.05) is 60.3 Å². The molecule has 2 N–H and O–H groups in total. The lowest BCUT2D eigenvalue weighted by atomic mass is 9.95. The number of rotatable bonds is 9. The molecule has 1 fully saturated rings. The molecule has 1 saturated heterocycles. The maximum absolute atomic E-state index is 14.2. The summed E-state index contributed by atoms with van der Waals surface area (Å²) in [5.74, 6) is 0.823. The molecule has 2 aliphatic rings. The van der Waals surface area contributed by atoms with Crippen molar-refractivity contribution in [2.45, 2.75) is 43.1 Å². The van der Waals surface area contributed by atoms with Crippen LogP contribution >= 0.6 is 11.8 Å². The molecule has 1 unspecified atom stereocenters. The zero-order chi connectivity index (χ0) is 30.5. The van der Waals surface area contributed by atoms with E-state index in [1.807, 2.05) is 54.3 Å². The number of fused-ring (bicyclic) bond motifs is 1. The number of ether oxygens (including phenoxy) is 1. The Balaban J connectivity index is 1.26. The second-order valence-electron chi connectivity index (χ2n) is 10.7. The van der Waals surface area contributed by atoms with Gasteiger partial charge in [-0.15, -0.1) is 5.10 Å². The number of carbonyl (C=O) groups is 2. The third-order valence-corrected chi connectivity index (χ3v) is 8.58. The van der Waals surface area contributed by atoms with Gasteiger partial charge in [-0.3, -0.25) is 9.59 Å². The summed E-state index contributed by atoms with van der Waals surface area (Å²) in [6.07, 6.45) is 3.20. The third kappa shape index (κ3) is 6.62. The van der Waals surface area contributed by atoms with Gasteiger partial charge in [0.1, 0.15) is 17.6 Å². The summed E-state index contributed by atoms with van der Waals surface area (Å²) >= 11 is 1.32. The Morgan fingerprint density at radius 3 is 2.48 bits per heavy atom. The third-order valence-electron chi connectivity index (χ3n) is 7.69. The molecule has 0 saturated carbocycles. The first-order valence-electron chi connectivity index (χ1n) is 14.6. The van der Waals surface area contributed by atoms with E-state index in [0.717, 1.165) is 37.9 Å². The fraction of sp³-hybridized carbons (Fsp3) is 0.273. The van der Waals surface area contributed by atoms with Gasteiger partial charge in [0.05, 0.1) is 5.57 Å². The average Bonchev–Trinajstić information content (AvgIpc) is 3.46. The van der Waals surface area contributed by atoms with Crippen LogP contribution < -0.4 is 15.4 Å². The molecule has 0 bridgehead atoms. The van der Waals surface area contributed by atoms with Crippen molar-refractivity contribution in [3.63, 3.8) is 0 Å². The van der Waals surface area contributed by atoms with Gasteiger partial charge in [-0.25, -0.2) is 9.07 Å². The maximum atomic E-state index is 14.2. The lowest BCUT2D eigenvalue weighted by molar-refractivity contribution is -0.134. The Kier molecular flexibility index (Phi) is 8.92. The number of hydrogen-bond donors (Lipinski definition) is 2. The Morgan fingerprint density at radius 2 is 1.73 bits per heavy atom. The zero-order valence-electron chi connectivity index (χ0n) is 24.3. The molecular weight excluding hydrogens is 579 g/mol. The summed E-state index contributed by atoms with van der Waals surface area (Å²) < 4.78 is 21.8. The van der Waals surface area contributed by atoms with Gasteiger partial charge in [-0.05, 0) is 67.6 Å². The molecule has 0 radical (unpaired) electrons. The summed E-state index contributed by atoms with van der Waals surface area (Å²) in [5, 5.41) is 11.4.